The van der Waals surface area contributed by atoms with Gasteiger partial charge in [-0.3, -0.25) is 4.98 Å². The molecule has 2 rings (SSSR count). The Kier molecular flexibility index (Phi) is 1.91. The maximum atomic E-state index is 11.0. The van der Waals surface area contributed by atoms with E-state index in [4.69, 9.17) is 10.8 Å². The van der Waals surface area contributed by atoms with Crippen LogP contribution >= 0.6 is 0 Å². The first-order valence-electron chi connectivity index (χ1n) is 4.62. The summed E-state index contributed by atoms with van der Waals surface area (Å²) < 4.78 is 0. The largest absolute Gasteiger partial charge is 0.478 e. The number of nitrogens with two attached hydrogens (primary N) is 1. The summed E-state index contributed by atoms with van der Waals surface area (Å²) >= 11 is 0. The first-order valence-corrected chi connectivity index (χ1v) is 4.62. The topological polar surface area (TPSA) is 76.2 Å². The molecule has 0 saturated heterocycles. The molecule has 1 aromatic rings. The highest BCUT2D eigenvalue weighted by atomic mass is 16.4. The highest BCUT2D eigenvalue weighted by Gasteiger charge is 2.23. The number of pyridine rings is 1. The fraction of sp³-hybridized carbons (Fsp3) is 0.400. The van der Waals surface area contributed by atoms with Gasteiger partial charge in [-0.05, 0) is 31.7 Å². The first-order chi connectivity index (χ1) is 6.61. The number of rotatable bonds is 1. The number of nitrogen functional groups attached to an aromatic ring is 1. The van der Waals surface area contributed by atoms with Gasteiger partial charge in [-0.1, -0.05) is 0 Å². The number of carboxylic acids is 1. The molecule has 0 amide bonds. The number of anilines is 1. The van der Waals surface area contributed by atoms with Gasteiger partial charge in [0.15, 0.2) is 0 Å². The molecule has 0 bridgehead atoms. The van der Waals surface area contributed by atoms with Crippen LogP contribution in [0.3, 0.4) is 0 Å². The van der Waals surface area contributed by atoms with Crippen molar-refractivity contribution in [2.45, 2.75) is 26.2 Å². The van der Waals surface area contributed by atoms with Gasteiger partial charge < -0.3 is 10.8 Å². The molecule has 14 heavy (non-hydrogen) atoms. The third-order valence-corrected chi connectivity index (χ3v) is 2.67. The standard InChI is InChI=1S/C10H12N2O2/c1-5-9(11)8(10(13)14)6-3-2-4-7(6)12-5/h2-4,11H2,1H3,(H,13,14). The Labute approximate surface area is 81.8 Å². The molecule has 1 aliphatic carbocycles. The fourth-order valence-electron chi connectivity index (χ4n) is 1.97. The average molecular weight is 192 g/mol. The number of aromatic carboxylic acids is 1. The molecule has 4 nitrogen and oxygen atoms in total. The Morgan fingerprint density at radius 1 is 1.50 bits per heavy atom. The molecule has 0 radical (unpaired) electrons. The molecule has 0 aliphatic heterocycles. The minimum absolute atomic E-state index is 0.269. The Bertz CT molecular complexity index is 413. The summed E-state index contributed by atoms with van der Waals surface area (Å²) in [6.07, 6.45) is 2.64. The van der Waals surface area contributed by atoms with Gasteiger partial charge in [0.2, 0.25) is 0 Å². The summed E-state index contributed by atoms with van der Waals surface area (Å²) in [5.41, 5.74) is 8.67. The molecule has 0 spiro atoms. The van der Waals surface area contributed by atoms with Crippen molar-refractivity contribution in [3.8, 4) is 0 Å². The zero-order valence-electron chi connectivity index (χ0n) is 8.00. The summed E-state index contributed by atoms with van der Waals surface area (Å²) in [6, 6.07) is 0. The van der Waals surface area contributed by atoms with Gasteiger partial charge in [-0.2, -0.15) is 0 Å². The molecular weight excluding hydrogens is 180 g/mol. The van der Waals surface area contributed by atoms with Crippen molar-refractivity contribution in [3.05, 3.63) is 22.5 Å². The highest BCUT2D eigenvalue weighted by molar-refractivity contribution is 5.96. The third-order valence-electron chi connectivity index (χ3n) is 2.67. The number of hydrogen-bond acceptors (Lipinski definition) is 3. The summed E-state index contributed by atoms with van der Waals surface area (Å²) in [7, 11) is 0. The van der Waals surface area contributed by atoms with Crippen LogP contribution in [-0.4, -0.2) is 16.1 Å². The Morgan fingerprint density at radius 3 is 2.86 bits per heavy atom. The maximum Gasteiger partial charge on any atom is 0.338 e. The second-order valence-corrected chi connectivity index (χ2v) is 3.57. The van der Waals surface area contributed by atoms with Gasteiger partial charge in [0.05, 0.1) is 16.9 Å². The van der Waals surface area contributed by atoms with Crippen LogP contribution in [0.1, 0.15) is 33.7 Å². The first kappa shape index (κ1) is 8.99. The van der Waals surface area contributed by atoms with E-state index in [0.717, 1.165) is 30.5 Å². The van der Waals surface area contributed by atoms with Crippen molar-refractivity contribution < 1.29 is 9.90 Å². The van der Waals surface area contributed by atoms with Gasteiger partial charge in [-0.25, -0.2) is 4.79 Å². The number of aryl methyl sites for hydroxylation is 2. The van der Waals surface area contributed by atoms with E-state index >= 15 is 0 Å². The minimum atomic E-state index is -0.939. The molecule has 0 saturated carbocycles. The molecule has 3 N–H and O–H groups in total. The van der Waals surface area contributed by atoms with Crippen LogP contribution in [-0.2, 0) is 12.8 Å². The number of carboxylic acid groups (broad SMARTS) is 1. The molecule has 0 aromatic carbocycles. The quantitative estimate of drug-likeness (QED) is 0.700. The van der Waals surface area contributed by atoms with Gasteiger partial charge in [-0.15, -0.1) is 0 Å². The van der Waals surface area contributed by atoms with Crippen LogP contribution in [0.5, 0.6) is 0 Å². The van der Waals surface area contributed by atoms with Gasteiger partial charge in [0, 0.05) is 5.69 Å². The smallest absolute Gasteiger partial charge is 0.338 e. The van der Waals surface area contributed by atoms with Crippen molar-refractivity contribution in [2.24, 2.45) is 0 Å². The van der Waals surface area contributed by atoms with Crippen LogP contribution in [0, 0.1) is 6.92 Å². The normalized spacial score (nSPS) is 14.1. The molecule has 1 aromatic heterocycles. The lowest BCUT2D eigenvalue weighted by molar-refractivity contribution is 0.0696. The van der Waals surface area contributed by atoms with Crippen molar-refractivity contribution in [2.75, 3.05) is 5.73 Å². The van der Waals surface area contributed by atoms with E-state index in [1.54, 1.807) is 6.92 Å². The molecule has 1 aliphatic rings. The van der Waals surface area contributed by atoms with E-state index in [-0.39, 0.29) is 5.56 Å². The van der Waals surface area contributed by atoms with Crippen molar-refractivity contribution >= 4 is 11.7 Å². The highest BCUT2D eigenvalue weighted by Crippen LogP contribution is 2.29. The lowest BCUT2D eigenvalue weighted by Crippen LogP contribution is -2.10. The van der Waals surface area contributed by atoms with E-state index in [2.05, 4.69) is 4.98 Å². The lowest BCUT2D eigenvalue weighted by Gasteiger charge is -2.09. The maximum absolute atomic E-state index is 11.0. The van der Waals surface area contributed by atoms with Gasteiger partial charge in [0.25, 0.3) is 0 Å². The zero-order valence-corrected chi connectivity index (χ0v) is 8.00. The number of aromatic nitrogens is 1. The zero-order chi connectivity index (χ0) is 10.3. The second kappa shape index (κ2) is 2.97. The Balaban J connectivity index is 2.72. The monoisotopic (exact) mass is 192 g/mol. The van der Waals surface area contributed by atoms with Crippen molar-refractivity contribution in [3.63, 3.8) is 0 Å². The van der Waals surface area contributed by atoms with Crippen LogP contribution in [0.4, 0.5) is 5.69 Å². The predicted molar refractivity (Wildman–Crippen MR) is 52.4 cm³/mol. The minimum Gasteiger partial charge on any atom is -0.478 e. The molecule has 4 heteroatoms. The number of carbonyl (C=O) groups is 1. The van der Waals surface area contributed by atoms with Crippen LogP contribution in [0.15, 0.2) is 0 Å². The Hall–Kier alpha value is -1.58. The summed E-state index contributed by atoms with van der Waals surface area (Å²) in [4.78, 5) is 15.3. The van der Waals surface area contributed by atoms with Gasteiger partial charge >= 0.3 is 5.97 Å². The lowest BCUT2D eigenvalue weighted by atomic mass is 10.0. The van der Waals surface area contributed by atoms with Gasteiger partial charge in [0.1, 0.15) is 0 Å². The van der Waals surface area contributed by atoms with Crippen molar-refractivity contribution in [1.82, 2.24) is 4.98 Å². The summed E-state index contributed by atoms with van der Waals surface area (Å²) in [5, 5.41) is 9.05. The number of hydrogen-bond donors (Lipinski definition) is 2. The molecule has 74 valence electrons. The molecular formula is C10H12N2O2. The molecule has 0 atom stereocenters. The number of fused-ring (bicyclic) bond motifs is 1. The molecule has 0 unspecified atom stereocenters. The van der Waals surface area contributed by atoms with Crippen molar-refractivity contribution in [1.29, 1.82) is 0 Å². The average Bonchev–Trinajstić information content (AvgIpc) is 2.52. The third kappa shape index (κ3) is 1.14. The summed E-state index contributed by atoms with van der Waals surface area (Å²) in [5.74, 6) is -0.939. The second-order valence-electron chi connectivity index (χ2n) is 3.57. The Morgan fingerprint density at radius 2 is 2.21 bits per heavy atom. The van der Waals surface area contributed by atoms with Crippen LogP contribution in [0.25, 0.3) is 0 Å². The van der Waals surface area contributed by atoms with E-state index in [9.17, 15) is 4.79 Å². The predicted octanol–water partition coefficient (Wildman–Crippen LogP) is 1.16. The van der Waals surface area contributed by atoms with E-state index in [1.807, 2.05) is 0 Å². The molecule has 0 fully saturated rings. The molecule has 1 heterocycles. The van der Waals surface area contributed by atoms with E-state index in [0.29, 0.717) is 11.4 Å². The SMILES string of the molecule is Cc1nc2c(c(C(=O)O)c1N)CCC2. The van der Waals surface area contributed by atoms with E-state index in [1.165, 1.54) is 0 Å². The van der Waals surface area contributed by atoms with Crippen LogP contribution < -0.4 is 5.73 Å². The fourth-order valence-corrected chi connectivity index (χ4v) is 1.97. The van der Waals surface area contributed by atoms with E-state index < -0.39 is 5.97 Å². The number of nitrogens with zero attached hydrogens (tertiary/aromatic N) is 1. The van der Waals surface area contributed by atoms with Crippen LogP contribution in [0.2, 0.25) is 0 Å². The summed E-state index contributed by atoms with van der Waals surface area (Å²) in [6.45, 7) is 1.75.